The summed E-state index contributed by atoms with van der Waals surface area (Å²) >= 11 is 5.75. The molecule has 0 saturated carbocycles. The molecule has 0 unspecified atom stereocenters. The molecule has 0 aromatic heterocycles. The monoisotopic (exact) mass is 185 g/mol. The minimum atomic E-state index is -0.407. The van der Waals surface area contributed by atoms with E-state index in [1.807, 2.05) is 0 Å². The van der Waals surface area contributed by atoms with Gasteiger partial charge >= 0.3 is 5.97 Å². The Morgan fingerprint density at radius 2 is 2.17 bits per heavy atom. The molecular weight excluding hydrogens is 178 g/mol. The Balaban J connectivity index is 2.63. The van der Waals surface area contributed by atoms with Gasteiger partial charge in [-0.2, -0.15) is 0 Å². The zero-order valence-electron chi connectivity index (χ0n) is 6.50. The number of hydrogen-bond acceptors (Lipinski definition) is 3. The lowest BCUT2D eigenvalue weighted by atomic mass is 10.3. The molecule has 0 saturated heterocycles. The molecule has 0 amide bonds. The number of para-hydroxylation sites is 1. The van der Waals surface area contributed by atoms with Gasteiger partial charge in [-0.05, 0) is 12.1 Å². The van der Waals surface area contributed by atoms with Crippen LogP contribution >= 0.6 is 11.6 Å². The van der Waals surface area contributed by atoms with E-state index >= 15 is 0 Å². The number of nitrogens with one attached hydrogen (secondary N) is 1. The predicted octanol–water partition coefficient (Wildman–Crippen LogP) is 2.23. The molecule has 0 aliphatic carbocycles. The number of carbonyl (C=O) groups excluding carboxylic acids is 1. The van der Waals surface area contributed by atoms with Crippen LogP contribution < -0.4 is 5.48 Å². The molecule has 0 aliphatic rings. The van der Waals surface area contributed by atoms with Gasteiger partial charge in [0.25, 0.3) is 0 Å². The van der Waals surface area contributed by atoms with Gasteiger partial charge in [0.05, 0.1) is 10.7 Å². The van der Waals surface area contributed by atoms with E-state index in [0.29, 0.717) is 10.7 Å². The second-order valence-corrected chi connectivity index (χ2v) is 2.58. The first-order valence-corrected chi connectivity index (χ1v) is 3.76. The highest BCUT2D eigenvalue weighted by Crippen LogP contribution is 2.19. The van der Waals surface area contributed by atoms with Crippen LogP contribution in [0.1, 0.15) is 6.92 Å². The summed E-state index contributed by atoms with van der Waals surface area (Å²) in [5.74, 6) is -0.407. The van der Waals surface area contributed by atoms with Gasteiger partial charge in [0.1, 0.15) is 0 Å². The summed E-state index contributed by atoms with van der Waals surface area (Å²) in [5.41, 5.74) is 3.01. The fourth-order valence-corrected chi connectivity index (χ4v) is 0.845. The first-order valence-electron chi connectivity index (χ1n) is 3.38. The molecule has 64 valence electrons. The number of carbonyl (C=O) groups is 1. The maximum atomic E-state index is 10.4. The molecule has 1 N–H and O–H groups in total. The fourth-order valence-electron chi connectivity index (χ4n) is 0.671. The summed E-state index contributed by atoms with van der Waals surface area (Å²) in [6.45, 7) is 1.31. The highest BCUT2D eigenvalue weighted by molar-refractivity contribution is 6.33. The highest BCUT2D eigenvalue weighted by atomic mass is 35.5. The summed E-state index contributed by atoms with van der Waals surface area (Å²) in [7, 11) is 0. The normalized spacial score (nSPS) is 9.17. The minimum Gasteiger partial charge on any atom is -0.344 e. The van der Waals surface area contributed by atoms with E-state index in [1.165, 1.54) is 6.92 Å². The van der Waals surface area contributed by atoms with E-state index in [1.54, 1.807) is 24.3 Å². The van der Waals surface area contributed by atoms with Crippen molar-refractivity contribution in [2.24, 2.45) is 0 Å². The Bertz CT molecular complexity index is 288. The van der Waals surface area contributed by atoms with Crippen LogP contribution in [0.15, 0.2) is 24.3 Å². The highest BCUT2D eigenvalue weighted by Gasteiger charge is 1.98. The van der Waals surface area contributed by atoms with Gasteiger partial charge in [0, 0.05) is 6.92 Å². The molecule has 4 heteroatoms. The summed E-state index contributed by atoms with van der Waals surface area (Å²) in [6.07, 6.45) is 0. The average Bonchev–Trinajstić information content (AvgIpc) is 2.03. The molecule has 3 nitrogen and oxygen atoms in total. The Hall–Kier alpha value is -1.22. The third kappa shape index (κ3) is 2.43. The van der Waals surface area contributed by atoms with Crippen LogP contribution in [0.3, 0.4) is 0 Å². The lowest BCUT2D eigenvalue weighted by molar-refractivity contribution is -0.138. The van der Waals surface area contributed by atoms with Crippen molar-refractivity contribution < 1.29 is 9.63 Å². The average molecular weight is 186 g/mol. The van der Waals surface area contributed by atoms with Crippen LogP contribution in [0.5, 0.6) is 0 Å². The number of rotatable bonds is 2. The van der Waals surface area contributed by atoms with Gasteiger partial charge in [0.15, 0.2) is 0 Å². The Kier molecular flexibility index (Phi) is 2.94. The second kappa shape index (κ2) is 3.97. The third-order valence-corrected chi connectivity index (χ3v) is 1.51. The first-order chi connectivity index (χ1) is 5.70. The lowest BCUT2D eigenvalue weighted by Crippen LogP contribution is -2.06. The van der Waals surface area contributed by atoms with Crippen LogP contribution in [-0.4, -0.2) is 5.97 Å². The number of hydrogen-bond donors (Lipinski definition) is 1. The number of halogens is 1. The van der Waals surface area contributed by atoms with Crippen LogP contribution in [-0.2, 0) is 9.63 Å². The van der Waals surface area contributed by atoms with Crippen molar-refractivity contribution in [3.63, 3.8) is 0 Å². The van der Waals surface area contributed by atoms with Gasteiger partial charge in [0.2, 0.25) is 0 Å². The van der Waals surface area contributed by atoms with E-state index in [2.05, 4.69) is 10.3 Å². The molecule has 0 atom stereocenters. The zero-order chi connectivity index (χ0) is 8.97. The largest absolute Gasteiger partial charge is 0.344 e. The Morgan fingerprint density at radius 3 is 2.75 bits per heavy atom. The van der Waals surface area contributed by atoms with Crippen molar-refractivity contribution >= 4 is 23.3 Å². The maximum Gasteiger partial charge on any atom is 0.329 e. The first kappa shape index (κ1) is 8.87. The van der Waals surface area contributed by atoms with Crippen molar-refractivity contribution in [2.75, 3.05) is 5.48 Å². The van der Waals surface area contributed by atoms with E-state index < -0.39 is 5.97 Å². The van der Waals surface area contributed by atoms with Crippen molar-refractivity contribution in [1.29, 1.82) is 0 Å². The molecule has 1 aromatic rings. The molecule has 0 aliphatic heterocycles. The van der Waals surface area contributed by atoms with Gasteiger partial charge in [-0.25, -0.2) is 5.48 Å². The standard InChI is InChI=1S/C8H8ClNO2/c1-6(11)12-10-8-5-3-2-4-7(8)9/h2-5,10H,1H3. The number of anilines is 1. The predicted molar refractivity (Wildman–Crippen MR) is 46.8 cm³/mol. The molecule has 0 spiro atoms. The Morgan fingerprint density at radius 1 is 1.50 bits per heavy atom. The molecule has 0 bridgehead atoms. The second-order valence-electron chi connectivity index (χ2n) is 2.18. The third-order valence-electron chi connectivity index (χ3n) is 1.18. The summed E-state index contributed by atoms with van der Waals surface area (Å²) in [5, 5.41) is 0.513. The smallest absolute Gasteiger partial charge is 0.329 e. The zero-order valence-corrected chi connectivity index (χ0v) is 7.26. The fraction of sp³-hybridized carbons (Fsp3) is 0.125. The van der Waals surface area contributed by atoms with Crippen LogP contribution in [0, 0.1) is 0 Å². The SMILES string of the molecule is CC(=O)ONc1ccccc1Cl. The van der Waals surface area contributed by atoms with Crippen molar-refractivity contribution in [3.05, 3.63) is 29.3 Å². The summed E-state index contributed by atoms with van der Waals surface area (Å²) in [6, 6.07) is 7.00. The maximum absolute atomic E-state index is 10.4. The van der Waals surface area contributed by atoms with E-state index in [9.17, 15) is 4.79 Å². The van der Waals surface area contributed by atoms with Crippen molar-refractivity contribution in [3.8, 4) is 0 Å². The van der Waals surface area contributed by atoms with Gasteiger partial charge in [-0.1, -0.05) is 23.7 Å². The van der Waals surface area contributed by atoms with E-state index in [4.69, 9.17) is 11.6 Å². The topological polar surface area (TPSA) is 38.3 Å². The van der Waals surface area contributed by atoms with E-state index in [-0.39, 0.29) is 0 Å². The van der Waals surface area contributed by atoms with Gasteiger partial charge in [-0.3, -0.25) is 4.79 Å². The molecule has 0 fully saturated rings. The summed E-state index contributed by atoms with van der Waals surface area (Å²) < 4.78 is 0. The van der Waals surface area contributed by atoms with Crippen molar-refractivity contribution in [1.82, 2.24) is 0 Å². The lowest BCUT2D eigenvalue weighted by Gasteiger charge is -2.05. The molecule has 0 radical (unpaired) electrons. The summed E-state index contributed by atoms with van der Waals surface area (Å²) in [4.78, 5) is 14.9. The van der Waals surface area contributed by atoms with Gasteiger partial charge in [-0.15, -0.1) is 0 Å². The minimum absolute atomic E-state index is 0.407. The Labute approximate surface area is 75.2 Å². The number of benzene rings is 1. The molecule has 1 aromatic carbocycles. The van der Waals surface area contributed by atoms with Gasteiger partial charge < -0.3 is 4.84 Å². The van der Waals surface area contributed by atoms with Crippen LogP contribution in [0.4, 0.5) is 5.69 Å². The van der Waals surface area contributed by atoms with Crippen LogP contribution in [0.25, 0.3) is 0 Å². The quantitative estimate of drug-likeness (QED) is 0.719. The molecule has 0 heterocycles. The molecule has 1 rings (SSSR count). The van der Waals surface area contributed by atoms with E-state index in [0.717, 1.165) is 0 Å². The molecular formula is C8H8ClNO2. The van der Waals surface area contributed by atoms with Crippen molar-refractivity contribution in [2.45, 2.75) is 6.92 Å². The van der Waals surface area contributed by atoms with Crippen LogP contribution in [0.2, 0.25) is 5.02 Å². The molecule has 12 heavy (non-hydrogen) atoms.